The van der Waals surface area contributed by atoms with Crippen LogP contribution in [0.25, 0.3) is 0 Å². The molecule has 0 fully saturated rings. The average molecular weight is 127 g/mol. The van der Waals surface area contributed by atoms with Gasteiger partial charge in [-0.1, -0.05) is 25.8 Å². The summed E-state index contributed by atoms with van der Waals surface area (Å²) in [5.74, 6) is 0. The van der Waals surface area contributed by atoms with E-state index in [0.29, 0.717) is 6.42 Å². The van der Waals surface area contributed by atoms with E-state index in [1.165, 1.54) is 0 Å². The lowest BCUT2D eigenvalue weighted by atomic mass is 10.1. The highest BCUT2D eigenvalue weighted by molar-refractivity contribution is 4.71. The average Bonchev–Trinajstić information content (AvgIpc) is 1.85. The number of aliphatic hydroxyl groups excluding tert-OH is 1. The van der Waals surface area contributed by atoms with E-state index in [0.717, 1.165) is 19.3 Å². The molecule has 1 atom stereocenters. The van der Waals surface area contributed by atoms with Gasteiger partial charge in [0.2, 0.25) is 0 Å². The summed E-state index contributed by atoms with van der Waals surface area (Å²) in [6, 6.07) is 0. The van der Waals surface area contributed by atoms with E-state index in [-0.39, 0.29) is 6.10 Å². The largest absolute Gasteiger partial charge is 0.393 e. The van der Waals surface area contributed by atoms with Crippen LogP contribution in [0.15, 0.2) is 12.7 Å². The molecule has 1 nitrogen and oxygen atoms in total. The summed E-state index contributed by atoms with van der Waals surface area (Å²) in [5, 5.41) is 9.08. The molecule has 9 heavy (non-hydrogen) atoms. The van der Waals surface area contributed by atoms with E-state index >= 15 is 0 Å². The maximum Gasteiger partial charge on any atom is 0.0574 e. The van der Waals surface area contributed by atoms with Gasteiger partial charge in [-0.25, -0.2) is 0 Å². The number of hydrogen-bond acceptors (Lipinski definition) is 1. The summed E-state index contributed by atoms with van der Waals surface area (Å²) < 4.78 is 0. The summed E-state index contributed by atoms with van der Waals surface area (Å²) in [6.45, 7) is 7.21. The quantitative estimate of drug-likeness (QED) is 0.559. The monoisotopic (exact) mass is 127 g/mol. The first-order valence-electron chi connectivity index (χ1n) is 3.39. The second-order valence-electron chi connectivity index (χ2n) is 2.17. The Bertz CT molecular complexity index is 69.0. The van der Waals surface area contributed by atoms with E-state index in [4.69, 9.17) is 5.11 Å². The third kappa shape index (κ3) is 5.57. The van der Waals surface area contributed by atoms with Gasteiger partial charge in [0.25, 0.3) is 0 Å². The van der Waals surface area contributed by atoms with E-state index in [9.17, 15) is 0 Å². The maximum atomic E-state index is 9.08. The molecule has 0 aromatic carbocycles. The van der Waals surface area contributed by atoms with Crippen LogP contribution in [0.4, 0.5) is 0 Å². The van der Waals surface area contributed by atoms with Crippen molar-refractivity contribution >= 4 is 0 Å². The van der Waals surface area contributed by atoms with Crippen LogP contribution in [-0.2, 0) is 0 Å². The molecule has 1 radical (unpaired) electrons. The second-order valence-corrected chi connectivity index (χ2v) is 2.17. The van der Waals surface area contributed by atoms with Crippen molar-refractivity contribution in [1.82, 2.24) is 0 Å². The molecule has 0 rings (SSSR count). The molecular weight excluding hydrogens is 112 g/mol. The van der Waals surface area contributed by atoms with Crippen molar-refractivity contribution in [2.45, 2.75) is 31.8 Å². The first-order valence-corrected chi connectivity index (χ1v) is 3.39. The minimum absolute atomic E-state index is 0.191. The molecule has 0 amide bonds. The zero-order valence-corrected chi connectivity index (χ0v) is 5.84. The van der Waals surface area contributed by atoms with Gasteiger partial charge in [-0.2, -0.15) is 0 Å². The minimum atomic E-state index is -0.191. The van der Waals surface area contributed by atoms with E-state index < -0.39 is 0 Å². The summed E-state index contributed by atoms with van der Waals surface area (Å²) in [4.78, 5) is 0. The highest BCUT2D eigenvalue weighted by atomic mass is 16.3. The second kappa shape index (κ2) is 5.83. The molecule has 0 heterocycles. The number of rotatable bonds is 5. The predicted molar refractivity (Wildman–Crippen MR) is 40.0 cm³/mol. The van der Waals surface area contributed by atoms with Gasteiger partial charge in [-0.3, -0.25) is 0 Å². The standard InChI is InChI=1S/C8H15O/c1-3-5-7-8(9)6-4-2/h4,8-9H,1-3,5-7H2. The van der Waals surface area contributed by atoms with Crippen molar-refractivity contribution in [2.75, 3.05) is 0 Å². The van der Waals surface area contributed by atoms with Crippen LogP contribution < -0.4 is 0 Å². The van der Waals surface area contributed by atoms with Gasteiger partial charge in [0, 0.05) is 0 Å². The number of aliphatic hydroxyl groups is 1. The van der Waals surface area contributed by atoms with Gasteiger partial charge in [0.1, 0.15) is 0 Å². The van der Waals surface area contributed by atoms with Crippen LogP contribution in [0.1, 0.15) is 25.7 Å². The normalized spacial score (nSPS) is 13.1. The molecule has 0 aliphatic rings. The molecule has 0 saturated heterocycles. The molecule has 1 heteroatoms. The Morgan fingerprint density at radius 1 is 1.56 bits per heavy atom. The zero-order valence-electron chi connectivity index (χ0n) is 5.84. The molecule has 0 aliphatic carbocycles. The van der Waals surface area contributed by atoms with Crippen LogP contribution in [0.2, 0.25) is 0 Å². The van der Waals surface area contributed by atoms with Crippen LogP contribution in [0.3, 0.4) is 0 Å². The van der Waals surface area contributed by atoms with Crippen LogP contribution >= 0.6 is 0 Å². The summed E-state index contributed by atoms with van der Waals surface area (Å²) in [6.07, 6.45) is 5.04. The van der Waals surface area contributed by atoms with Crippen molar-refractivity contribution in [2.24, 2.45) is 0 Å². The fraction of sp³-hybridized carbons (Fsp3) is 0.625. The molecule has 0 saturated carbocycles. The zero-order chi connectivity index (χ0) is 7.11. The highest BCUT2D eigenvalue weighted by Crippen LogP contribution is 2.03. The predicted octanol–water partition coefficient (Wildman–Crippen LogP) is 1.93. The third-order valence-corrected chi connectivity index (χ3v) is 1.23. The number of unbranched alkanes of at least 4 members (excludes halogenated alkanes) is 1. The van der Waals surface area contributed by atoms with E-state index in [1.54, 1.807) is 6.08 Å². The molecule has 1 unspecified atom stereocenters. The molecule has 0 bridgehead atoms. The van der Waals surface area contributed by atoms with Crippen LogP contribution in [0.5, 0.6) is 0 Å². The maximum absolute atomic E-state index is 9.08. The van der Waals surface area contributed by atoms with Crippen molar-refractivity contribution in [3.63, 3.8) is 0 Å². The lowest BCUT2D eigenvalue weighted by molar-refractivity contribution is 0.165. The van der Waals surface area contributed by atoms with Crippen molar-refractivity contribution in [3.05, 3.63) is 19.6 Å². The van der Waals surface area contributed by atoms with Gasteiger partial charge < -0.3 is 5.11 Å². The summed E-state index contributed by atoms with van der Waals surface area (Å²) >= 11 is 0. The van der Waals surface area contributed by atoms with Gasteiger partial charge in [-0.15, -0.1) is 6.58 Å². The Morgan fingerprint density at radius 3 is 2.67 bits per heavy atom. The summed E-state index contributed by atoms with van der Waals surface area (Å²) in [5.41, 5.74) is 0. The first-order chi connectivity index (χ1) is 4.31. The third-order valence-electron chi connectivity index (χ3n) is 1.23. The Balaban J connectivity index is 3.04. The summed E-state index contributed by atoms with van der Waals surface area (Å²) in [7, 11) is 0. The molecule has 0 aromatic heterocycles. The van der Waals surface area contributed by atoms with Crippen LogP contribution in [0, 0.1) is 6.92 Å². The molecule has 53 valence electrons. The lowest BCUT2D eigenvalue weighted by Crippen LogP contribution is -2.03. The van der Waals surface area contributed by atoms with Gasteiger partial charge in [0.05, 0.1) is 6.10 Å². The first kappa shape index (κ1) is 8.70. The lowest BCUT2D eigenvalue weighted by Gasteiger charge is -2.04. The SMILES string of the molecule is [CH2]CCCC(O)CC=C. The van der Waals surface area contributed by atoms with Crippen molar-refractivity contribution < 1.29 is 5.11 Å². The molecule has 0 aliphatic heterocycles. The van der Waals surface area contributed by atoms with Crippen molar-refractivity contribution in [1.29, 1.82) is 0 Å². The van der Waals surface area contributed by atoms with Crippen molar-refractivity contribution in [3.8, 4) is 0 Å². The van der Waals surface area contributed by atoms with E-state index in [2.05, 4.69) is 13.5 Å². The molecular formula is C8H15O. The fourth-order valence-corrected chi connectivity index (χ4v) is 0.690. The highest BCUT2D eigenvalue weighted by Gasteiger charge is 1.97. The van der Waals surface area contributed by atoms with Gasteiger partial charge in [-0.05, 0) is 12.8 Å². The minimum Gasteiger partial charge on any atom is -0.393 e. The molecule has 0 aromatic rings. The number of hydrogen-bond donors (Lipinski definition) is 1. The Labute approximate surface area is 57.4 Å². The molecule has 1 N–H and O–H groups in total. The van der Waals surface area contributed by atoms with Gasteiger partial charge >= 0.3 is 0 Å². The Kier molecular flexibility index (Phi) is 5.64. The Morgan fingerprint density at radius 2 is 2.22 bits per heavy atom. The van der Waals surface area contributed by atoms with Gasteiger partial charge in [0.15, 0.2) is 0 Å². The topological polar surface area (TPSA) is 20.2 Å². The molecule has 0 spiro atoms. The van der Waals surface area contributed by atoms with E-state index in [1.807, 2.05) is 0 Å². The fourth-order valence-electron chi connectivity index (χ4n) is 0.690. The smallest absolute Gasteiger partial charge is 0.0574 e. The van der Waals surface area contributed by atoms with Crippen LogP contribution in [-0.4, -0.2) is 11.2 Å². The Hall–Kier alpha value is -0.300.